The molecule has 0 radical (unpaired) electrons. The lowest BCUT2D eigenvalue weighted by Crippen LogP contribution is -2.36. The molecule has 1 aliphatic rings. The monoisotopic (exact) mass is 406 g/mol. The Morgan fingerprint density at radius 3 is 2.66 bits per heavy atom. The van der Waals surface area contributed by atoms with Gasteiger partial charge in [0.15, 0.2) is 5.69 Å². The number of nitrogens with zero attached hydrogens (tertiary/aromatic N) is 4. The van der Waals surface area contributed by atoms with E-state index in [9.17, 15) is 4.79 Å². The normalized spacial score (nSPS) is 15.2. The van der Waals surface area contributed by atoms with Gasteiger partial charge in [-0.3, -0.25) is 9.69 Å². The minimum absolute atomic E-state index is 0.121. The molecular weight excluding hydrogens is 384 g/mol. The first-order valence-electron chi connectivity index (χ1n) is 9.50. The number of para-hydroxylation sites is 1. The van der Waals surface area contributed by atoms with Gasteiger partial charge >= 0.3 is 0 Å². The molecule has 0 N–H and O–H groups in total. The molecule has 0 unspecified atom stereocenters. The number of benzene rings is 2. The molecule has 0 saturated carbocycles. The van der Waals surface area contributed by atoms with Crippen LogP contribution < -0.4 is 9.64 Å². The number of ether oxygens (including phenoxy) is 1. The highest BCUT2D eigenvalue weighted by atomic mass is 32.2. The fourth-order valence-electron chi connectivity index (χ4n) is 3.38. The lowest BCUT2D eigenvalue weighted by Gasteiger charge is -2.30. The Labute approximate surface area is 174 Å². The molecule has 0 fully saturated rings. The van der Waals surface area contributed by atoms with E-state index < -0.39 is 6.23 Å². The van der Waals surface area contributed by atoms with Gasteiger partial charge in [0.05, 0.1) is 5.69 Å². The zero-order valence-electron chi connectivity index (χ0n) is 16.8. The van der Waals surface area contributed by atoms with Crippen LogP contribution in [0.5, 0.6) is 5.88 Å². The van der Waals surface area contributed by atoms with E-state index in [4.69, 9.17) is 4.74 Å². The molecule has 0 spiro atoms. The molecule has 1 amide bonds. The van der Waals surface area contributed by atoms with Crippen LogP contribution in [0, 0.1) is 13.8 Å². The van der Waals surface area contributed by atoms with E-state index in [0.29, 0.717) is 16.7 Å². The van der Waals surface area contributed by atoms with Crippen LogP contribution in [0.3, 0.4) is 0 Å². The summed E-state index contributed by atoms with van der Waals surface area (Å²) in [6.07, 6.45) is -0.648. The number of carbonyl (C=O) groups excluding carboxylic acids is 1. The van der Waals surface area contributed by atoms with Gasteiger partial charge in [-0.1, -0.05) is 55.1 Å². The zero-order valence-corrected chi connectivity index (χ0v) is 17.7. The molecule has 0 saturated heterocycles. The van der Waals surface area contributed by atoms with Crippen LogP contribution in [-0.4, -0.2) is 26.8 Å². The van der Waals surface area contributed by atoms with Crippen LogP contribution in [0.15, 0.2) is 47.6 Å². The van der Waals surface area contributed by atoms with Gasteiger partial charge in [0.25, 0.3) is 0 Å². The van der Waals surface area contributed by atoms with Gasteiger partial charge in [0, 0.05) is 18.1 Å². The van der Waals surface area contributed by atoms with Crippen molar-refractivity contribution in [1.82, 2.24) is 15.2 Å². The molecule has 2 heterocycles. The highest BCUT2D eigenvalue weighted by Crippen LogP contribution is 2.43. The van der Waals surface area contributed by atoms with Crippen molar-refractivity contribution in [3.63, 3.8) is 0 Å². The second-order valence-corrected chi connectivity index (χ2v) is 8.13. The van der Waals surface area contributed by atoms with Gasteiger partial charge in [0.1, 0.15) is 0 Å². The van der Waals surface area contributed by atoms with Crippen molar-refractivity contribution in [2.24, 2.45) is 0 Å². The fourth-order valence-corrected chi connectivity index (χ4v) is 3.88. The third-order valence-corrected chi connectivity index (χ3v) is 5.66. The van der Waals surface area contributed by atoms with E-state index in [0.717, 1.165) is 28.1 Å². The molecule has 1 atom stereocenters. The maximum Gasteiger partial charge on any atom is 0.247 e. The number of carbonyl (C=O) groups is 1. The molecule has 0 aliphatic carbocycles. The molecule has 1 aromatic heterocycles. The number of amides is 1. The fraction of sp³-hybridized carbons (Fsp3) is 0.273. The van der Waals surface area contributed by atoms with Gasteiger partial charge in [-0.25, -0.2) is 0 Å². The summed E-state index contributed by atoms with van der Waals surface area (Å²) in [5.41, 5.74) is 5.25. The third-order valence-electron chi connectivity index (χ3n) is 4.94. The Hall–Kier alpha value is -2.93. The first kappa shape index (κ1) is 19.4. The summed E-state index contributed by atoms with van der Waals surface area (Å²) in [6, 6.07) is 13.7. The second-order valence-electron chi connectivity index (χ2n) is 6.90. The van der Waals surface area contributed by atoms with Crippen molar-refractivity contribution in [3.8, 4) is 17.1 Å². The second kappa shape index (κ2) is 7.83. The van der Waals surface area contributed by atoms with Gasteiger partial charge < -0.3 is 4.74 Å². The Bertz CT molecular complexity index is 1090. The summed E-state index contributed by atoms with van der Waals surface area (Å²) >= 11 is 1.50. The largest absolute Gasteiger partial charge is 0.447 e. The first-order chi connectivity index (χ1) is 14.0. The van der Waals surface area contributed by atoms with E-state index in [1.54, 1.807) is 11.8 Å². The van der Waals surface area contributed by atoms with Gasteiger partial charge in [-0.2, -0.15) is 4.98 Å². The first-order valence-corrected chi connectivity index (χ1v) is 10.5. The molecule has 6 nitrogen and oxygen atoms in total. The minimum atomic E-state index is -0.648. The van der Waals surface area contributed by atoms with Crippen LogP contribution in [-0.2, 0) is 4.79 Å². The molecule has 3 aromatic rings. The summed E-state index contributed by atoms with van der Waals surface area (Å²) in [5.74, 6) is 1.09. The molecule has 4 rings (SSSR count). The Morgan fingerprint density at radius 2 is 1.93 bits per heavy atom. The van der Waals surface area contributed by atoms with Crippen molar-refractivity contribution in [2.75, 3.05) is 10.7 Å². The van der Waals surface area contributed by atoms with E-state index in [2.05, 4.69) is 35.1 Å². The van der Waals surface area contributed by atoms with Gasteiger partial charge in [-0.05, 0) is 36.8 Å². The molecule has 0 bridgehead atoms. The van der Waals surface area contributed by atoms with E-state index in [1.807, 2.05) is 43.3 Å². The summed E-state index contributed by atoms with van der Waals surface area (Å²) in [6.45, 7) is 7.69. The maximum atomic E-state index is 12.8. The zero-order chi connectivity index (χ0) is 20.5. The maximum absolute atomic E-state index is 12.8. The number of thioether (sulfide) groups is 1. The lowest BCUT2D eigenvalue weighted by molar-refractivity contribution is -0.118. The van der Waals surface area contributed by atoms with Crippen LogP contribution in [0.1, 0.15) is 36.8 Å². The highest BCUT2D eigenvalue weighted by molar-refractivity contribution is 7.99. The summed E-state index contributed by atoms with van der Waals surface area (Å²) in [7, 11) is 0. The predicted molar refractivity (Wildman–Crippen MR) is 114 cm³/mol. The Morgan fingerprint density at radius 1 is 1.14 bits per heavy atom. The molecule has 2 aromatic carbocycles. The molecule has 1 aliphatic heterocycles. The van der Waals surface area contributed by atoms with Gasteiger partial charge in [-0.15, -0.1) is 10.2 Å². The average molecular weight is 407 g/mol. The van der Waals surface area contributed by atoms with E-state index in [-0.39, 0.29) is 5.91 Å². The quantitative estimate of drug-likeness (QED) is 0.587. The summed E-state index contributed by atoms with van der Waals surface area (Å²) < 4.78 is 6.36. The number of aryl methyl sites for hydroxylation is 2. The molecule has 7 heteroatoms. The SMILES string of the molecule is CCSc1nnc2c(n1)O[C@@H](c1ccc(C)c(C)c1)N(C(C)=O)c1ccccc1-2. The predicted octanol–water partition coefficient (Wildman–Crippen LogP) is 4.71. The van der Waals surface area contributed by atoms with Crippen LogP contribution in [0.2, 0.25) is 0 Å². The average Bonchev–Trinajstić information content (AvgIpc) is 2.84. The number of anilines is 1. The highest BCUT2D eigenvalue weighted by Gasteiger charge is 2.34. The Balaban J connectivity index is 1.95. The van der Waals surface area contributed by atoms with Crippen molar-refractivity contribution in [2.45, 2.75) is 39.1 Å². The third kappa shape index (κ3) is 3.58. The van der Waals surface area contributed by atoms with Crippen molar-refractivity contribution < 1.29 is 9.53 Å². The van der Waals surface area contributed by atoms with E-state index in [1.165, 1.54) is 17.3 Å². The number of hydrogen-bond acceptors (Lipinski definition) is 6. The minimum Gasteiger partial charge on any atom is -0.447 e. The molecule has 148 valence electrons. The topological polar surface area (TPSA) is 68.2 Å². The molecule has 29 heavy (non-hydrogen) atoms. The number of aromatic nitrogens is 3. The van der Waals surface area contributed by atoms with Gasteiger partial charge in [0.2, 0.25) is 23.2 Å². The van der Waals surface area contributed by atoms with Crippen molar-refractivity contribution >= 4 is 23.4 Å². The van der Waals surface area contributed by atoms with Crippen molar-refractivity contribution in [3.05, 3.63) is 59.2 Å². The van der Waals surface area contributed by atoms with Crippen LogP contribution in [0.25, 0.3) is 11.3 Å². The summed E-state index contributed by atoms with van der Waals surface area (Å²) in [4.78, 5) is 19.0. The van der Waals surface area contributed by atoms with E-state index >= 15 is 0 Å². The van der Waals surface area contributed by atoms with Crippen molar-refractivity contribution in [1.29, 1.82) is 0 Å². The van der Waals surface area contributed by atoms with Crippen LogP contribution in [0.4, 0.5) is 5.69 Å². The number of hydrogen-bond donors (Lipinski definition) is 0. The smallest absolute Gasteiger partial charge is 0.247 e. The number of fused-ring (bicyclic) bond motifs is 3. The van der Waals surface area contributed by atoms with Crippen LogP contribution >= 0.6 is 11.8 Å². The summed E-state index contributed by atoms with van der Waals surface area (Å²) in [5, 5.41) is 9.19. The number of rotatable bonds is 3. The molecular formula is C22H22N4O2S. The standard InChI is InChI=1S/C22H22N4O2S/c1-5-29-22-23-20-19(24-25-22)17-8-6-7-9-18(17)26(15(4)27)21(28-20)16-11-10-13(2)14(3)12-16/h6-12,21H,5H2,1-4H3/t21-/m0/s1. The Kier molecular flexibility index (Phi) is 5.24. The lowest BCUT2D eigenvalue weighted by atomic mass is 10.0.